The van der Waals surface area contributed by atoms with Crippen LogP contribution in [-0.4, -0.2) is 34.9 Å². The van der Waals surface area contributed by atoms with Crippen LogP contribution < -0.4 is 5.32 Å². The maximum atomic E-state index is 12.5. The lowest BCUT2D eigenvalue weighted by atomic mass is 10.0. The molecule has 2 atom stereocenters. The summed E-state index contributed by atoms with van der Waals surface area (Å²) in [5, 5.41) is 23.2. The van der Waals surface area contributed by atoms with Crippen LogP contribution in [-0.2, 0) is 4.79 Å². The summed E-state index contributed by atoms with van der Waals surface area (Å²) in [5.41, 5.74) is 0. The average molecular weight is 897 g/mol. The number of hydrogen-bond donors (Lipinski definition) is 3. The number of amides is 1. The van der Waals surface area contributed by atoms with Gasteiger partial charge in [-0.1, -0.05) is 294 Å². The highest BCUT2D eigenvalue weighted by molar-refractivity contribution is 5.76. The molecular formula is C60H113NO3. The number of aliphatic hydroxyl groups is 2. The molecule has 0 aliphatic carbocycles. The fourth-order valence-electron chi connectivity index (χ4n) is 8.89. The molecule has 2 unspecified atom stereocenters. The Bertz CT molecular complexity index is 1020. The lowest BCUT2D eigenvalue weighted by molar-refractivity contribution is -0.123. The molecule has 0 rings (SSSR count). The summed E-state index contributed by atoms with van der Waals surface area (Å²) in [6.45, 7) is 4.32. The Balaban J connectivity index is 3.50. The van der Waals surface area contributed by atoms with Crippen LogP contribution in [0.2, 0.25) is 0 Å². The van der Waals surface area contributed by atoms with Gasteiger partial charge in [-0.15, -0.1) is 0 Å². The summed E-state index contributed by atoms with van der Waals surface area (Å²) in [6, 6.07) is -0.629. The van der Waals surface area contributed by atoms with Crippen LogP contribution in [0.3, 0.4) is 0 Å². The van der Waals surface area contributed by atoms with Gasteiger partial charge >= 0.3 is 0 Å². The predicted molar refractivity (Wildman–Crippen MR) is 285 cm³/mol. The van der Waals surface area contributed by atoms with Crippen molar-refractivity contribution in [3.8, 4) is 0 Å². The molecular weight excluding hydrogens is 783 g/mol. The second-order valence-electron chi connectivity index (χ2n) is 19.7. The Hall–Kier alpha value is -1.65. The monoisotopic (exact) mass is 896 g/mol. The molecule has 0 fully saturated rings. The zero-order valence-corrected chi connectivity index (χ0v) is 43.3. The molecule has 0 aromatic heterocycles. The van der Waals surface area contributed by atoms with Gasteiger partial charge in [0.1, 0.15) is 0 Å². The van der Waals surface area contributed by atoms with E-state index in [1.807, 2.05) is 6.08 Å². The summed E-state index contributed by atoms with van der Waals surface area (Å²) in [4.78, 5) is 12.5. The van der Waals surface area contributed by atoms with Gasteiger partial charge in [0, 0.05) is 6.42 Å². The van der Waals surface area contributed by atoms with Crippen LogP contribution in [0.1, 0.15) is 309 Å². The predicted octanol–water partition coefficient (Wildman–Crippen LogP) is 19.0. The SMILES string of the molecule is CCCCCCC/C=C\C/C=C\C/C=C\CCCCCCCCCCC(=O)NC(CO)C(O)/C=C/CCCCCCCCCCCCCCCCCCCCCCCCCCCCC. The Kier molecular flexibility index (Phi) is 54.2. The third-order valence-electron chi connectivity index (χ3n) is 13.3. The van der Waals surface area contributed by atoms with Crippen molar-refractivity contribution in [3.05, 3.63) is 48.6 Å². The van der Waals surface area contributed by atoms with E-state index < -0.39 is 12.1 Å². The van der Waals surface area contributed by atoms with Crippen LogP contribution in [0.25, 0.3) is 0 Å². The van der Waals surface area contributed by atoms with Gasteiger partial charge in [0.2, 0.25) is 5.91 Å². The van der Waals surface area contributed by atoms with E-state index in [2.05, 4.69) is 55.6 Å². The first-order valence-electron chi connectivity index (χ1n) is 28.9. The molecule has 0 aliphatic rings. The van der Waals surface area contributed by atoms with E-state index in [4.69, 9.17) is 0 Å². The van der Waals surface area contributed by atoms with Crippen molar-refractivity contribution >= 4 is 5.91 Å². The third kappa shape index (κ3) is 51.3. The van der Waals surface area contributed by atoms with Gasteiger partial charge in [-0.3, -0.25) is 4.79 Å². The van der Waals surface area contributed by atoms with Crippen LogP contribution >= 0.6 is 0 Å². The van der Waals surface area contributed by atoms with Gasteiger partial charge in [0.05, 0.1) is 18.8 Å². The Labute approximate surface area is 401 Å². The molecule has 4 nitrogen and oxygen atoms in total. The normalized spacial score (nSPS) is 13.1. The summed E-state index contributed by atoms with van der Waals surface area (Å²) in [6.07, 6.45) is 77.0. The van der Waals surface area contributed by atoms with Gasteiger partial charge in [-0.25, -0.2) is 0 Å². The van der Waals surface area contributed by atoms with Crippen molar-refractivity contribution in [1.29, 1.82) is 0 Å². The molecule has 0 heterocycles. The standard InChI is InChI=1S/C60H113NO3/c1-3-5-7-9-11-13-15-17-19-21-23-25-27-28-29-30-31-32-34-35-37-39-41-43-45-47-49-51-53-55-59(63)58(57-62)61-60(64)56-54-52-50-48-46-44-42-40-38-36-33-26-24-22-20-18-16-14-12-10-8-6-4-2/h16,18,22,24,33,36,53,55,58-59,62-63H,3-15,17,19-21,23,25-32,34-35,37-52,54,56-57H2,1-2H3,(H,61,64)/b18-16-,24-22-,36-33-,55-53+. The van der Waals surface area contributed by atoms with Gasteiger partial charge < -0.3 is 15.5 Å². The summed E-state index contributed by atoms with van der Waals surface area (Å²) in [5.74, 6) is -0.0686. The minimum Gasteiger partial charge on any atom is -0.394 e. The van der Waals surface area contributed by atoms with Gasteiger partial charge in [0.15, 0.2) is 0 Å². The molecule has 0 aromatic carbocycles. The Morgan fingerprint density at radius 1 is 0.375 bits per heavy atom. The number of unbranched alkanes of at least 4 members (excludes halogenated alkanes) is 40. The highest BCUT2D eigenvalue weighted by Gasteiger charge is 2.18. The largest absolute Gasteiger partial charge is 0.394 e. The first kappa shape index (κ1) is 62.4. The van der Waals surface area contributed by atoms with Crippen molar-refractivity contribution in [2.24, 2.45) is 0 Å². The number of hydrogen-bond acceptors (Lipinski definition) is 3. The molecule has 0 radical (unpaired) electrons. The van der Waals surface area contributed by atoms with E-state index in [1.54, 1.807) is 6.08 Å². The van der Waals surface area contributed by atoms with Gasteiger partial charge in [0.25, 0.3) is 0 Å². The average Bonchev–Trinajstić information content (AvgIpc) is 3.30. The zero-order chi connectivity index (χ0) is 46.3. The molecule has 0 bridgehead atoms. The van der Waals surface area contributed by atoms with E-state index >= 15 is 0 Å². The lowest BCUT2D eigenvalue weighted by Gasteiger charge is -2.20. The minimum absolute atomic E-state index is 0.0686. The molecule has 0 aliphatic heterocycles. The molecule has 1 amide bonds. The summed E-state index contributed by atoms with van der Waals surface area (Å²) in [7, 11) is 0. The molecule has 0 spiro atoms. The molecule has 376 valence electrons. The Morgan fingerprint density at radius 3 is 0.953 bits per heavy atom. The van der Waals surface area contributed by atoms with E-state index in [-0.39, 0.29) is 12.5 Å². The number of aliphatic hydroxyl groups excluding tert-OH is 2. The van der Waals surface area contributed by atoms with Crippen LogP contribution in [0.4, 0.5) is 0 Å². The highest BCUT2D eigenvalue weighted by Crippen LogP contribution is 2.17. The quantitative estimate of drug-likeness (QED) is 0.0421. The summed E-state index contributed by atoms with van der Waals surface area (Å²) < 4.78 is 0. The van der Waals surface area contributed by atoms with Gasteiger partial charge in [-0.05, 0) is 57.8 Å². The fraction of sp³-hybridized carbons (Fsp3) is 0.850. The van der Waals surface area contributed by atoms with E-state index in [1.165, 1.54) is 250 Å². The zero-order valence-electron chi connectivity index (χ0n) is 43.3. The lowest BCUT2D eigenvalue weighted by Crippen LogP contribution is -2.45. The first-order valence-corrected chi connectivity index (χ1v) is 28.9. The molecule has 64 heavy (non-hydrogen) atoms. The second-order valence-corrected chi connectivity index (χ2v) is 19.7. The van der Waals surface area contributed by atoms with Crippen molar-refractivity contribution in [3.63, 3.8) is 0 Å². The fourth-order valence-corrected chi connectivity index (χ4v) is 8.89. The van der Waals surface area contributed by atoms with Gasteiger partial charge in [-0.2, -0.15) is 0 Å². The number of rotatable bonds is 53. The Morgan fingerprint density at radius 2 is 0.641 bits per heavy atom. The molecule has 3 N–H and O–H groups in total. The first-order chi connectivity index (χ1) is 31.7. The smallest absolute Gasteiger partial charge is 0.220 e. The van der Waals surface area contributed by atoms with E-state index in [0.717, 1.165) is 38.5 Å². The van der Waals surface area contributed by atoms with E-state index in [9.17, 15) is 15.0 Å². The number of allylic oxidation sites excluding steroid dienone is 7. The highest BCUT2D eigenvalue weighted by atomic mass is 16.3. The van der Waals surface area contributed by atoms with Crippen LogP contribution in [0, 0.1) is 0 Å². The van der Waals surface area contributed by atoms with Crippen LogP contribution in [0.5, 0.6) is 0 Å². The van der Waals surface area contributed by atoms with E-state index in [0.29, 0.717) is 6.42 Å². The van der Waals surface area contributed by atoms with Crippen molar-refractivity contribution in [2.75, 3.05) is 6.61 Å². The number of carbonyl (C=O) groups is 1. The topological polar surface area (TPSA) is 69.6 Å². The maximum absolute atomic E-state index is 12.5. The third-order valence-corrected chi connectivity index (χ3v) is 13.3. The van der Waals surface area contributed by atoms with Crippen molar-refractivity contribution < 1.29 is 15.0 Å². The van der Waals surface area contributed by atoms with Crippen molar-refractivity contribution in [1.82, 2.24) is 5.32 Å². The maximum Gasteiger partial charge on any atom is 0.220 e. The minimum atomic E-state index is -0.845. The number of nitrogens with one attached hydrogen (secondary N) is 1. The molecule has 4 heteroatoms. The van der Waals surface area contributed by atoms with Crippen LogP contribution in [0.15, 0.2) is 48.6 Å². The molecule has 0 saturated carbocycles. The molecule has 0 aromatic rings. The molecule has 0 saturated heterocycles. The van der Waals surface area contributed by atoms with Crippen molar-refractivity contribution in [2.45, 2.75) is 321 Å². The second kappa shape index (κ2) is 55.7. The summed E-state index contributed by atoms with van der Waals surface area (Å²) >= 11 is 0. The number of carbonyl (C=O) groups excluding carboxylic acids is 1.